The molecule has 2 aliphatic heterocycles. The first-order valence-electron chi connectivity index (χ1n) is 11.5. The van der Waals surface area contributed by atoms with Crippen molar-refractivity contribution >= 4 is 11.3 Å². The Kier molecular flexibility index (Phi) is 7.55. The number of benzene rings is 1. The van der Waals surface area contributed by atoms with Gasteiger partial charge in [0.25, 0.3) is 0 Å². The van der Waals surface area contributed by atoms with Crippen molar-refractivity contribution in [3.8, 4) is 10.6 Å². The molecular weight excluding hydrogens is 392 g/mol. The predicted octanol–water partition coefficient (Wildman–Crippen LogP) is 3.55. The lowest BCUT2D eigenvalue weighted by Crippen LogP contribution is -2.58. The second kappa shape index (κ2) is 10.3. The number of piperazine rings is 1. The van der Waals surface area contributed by atoms with Crippen LogP contribution in [0.3, 0.4) is 0 Å². The summed E-state index contributed by atoms with van der Waals surface area (Å²) in [6, 6.07) is 12.2. The monoisotopic (exact) mass is 428 g/mol. The first kappa shape index (κ1) is 21.9. The van der Waals surface area contributed by atoms with E-state index in [1.807, 2.05) is 12.3 Å². The molecule has 0 unspecified atom stereocenters. The predicted molar refractivity (Wildman–Crippen MR) is 125 cm³/mol. The molecule has 1 atom stereocenters. The fourth-order valence-corrected chi connectivity index (χ4v) is 5.97. The van der Waals surface area contributed by atoms with Crippen molar-refractivity contribution in [1.29, 1.82) is 0 Å². The highest BCUT2D eigenvalue weighted by atomic mass is 32.1. The van der Waals surface area contributed by atoms with Gasteiger partial charge in [-0.3, -0.25) is 9.80 Å². The van der Waals surface area contributed by atoms with Crippen molar-refractivity contribution in [1.82, 2.24) is 19.7 Å². The van der Waals surface area contributed by atoms with E-state index >= 15 is 0 Å². The third kappa shape index (κ3) is 5.29. The Morgan fingerprint density at radius 3 is 2.57 bits per heavy atom. The molecule has 0 radical (unpaired) electrons. The molecule has 1 N–H and O–H groups in total. The van der Waals surface area contributed by atoms with E-state index in [0.717, 1.165) is 37.6 Å². The lowest BCUT2D eigenvalue weighted by Gasteiger charge is -2.48. The number of thiazole rings is 1. The first-order chi connectivity index (χ1) is 14.6. The molecular formula is C24H36N4OS. The highest BCUT2D eigenvalue weighted by Gasteiger charge is 2.34. The molecule has 1 aromatic carbocycles. The van der Waals surface area contributed by atoms with Crippen LogP contribution in [0.4, 0.5) is 0 Å². The maximum Gasteiger partial charge on any atom is 0.123 e. The summed E-state index contributed by atoms with van der Waals surface area (Å²) in [5, 5.41) is 10.8. The molecule has 0 aliphatic carbocycles. The van der Waals surface area contributed by atoms with Crippen LogP contribution in [0.5, 0.6) is 0 Å². The van der Waals surface area contributed by atoms with E-state index in [0.29, 0.717) is 18.1 Å². The van der Waals surface area contributed by atoms with Crippen LogP contribution in [-0.2, 0) is 6.54 Å². The molecule has 2 aromatic rings. The molecule has 2 saturated heterocycles. The molecule has 6 heteroatoms. The van der Waals surface area contributed by atoms with E-state index < -0.39 is 0 Å². The van der Waals surface area contributed by atoms with E-state index in [4.69, 9.17) is 0 Å². The van der Waals surface area contributed by atoms with Crippen molar-refractivity contribution < 1.29 is 5.11 Å². The zero-order valence-corrected chi connectivity index (χ0v) is 19.2. The summed E-state index contributed by atoms with van der Waals surface area (Å²) in [6.45, 7) is 11.5. The third-order valence-electron chi connectivity index (χ3n) is 6.73. The zero-order valence-electron chi connectivity index (χ0n) is 18.4. The van der Waals surface area contributed by atoms with Crippen molar-refractivity contribution in [3.63, 3.8) is 0 Å². The van der Waals surface area contributed by atoms with Gasteiger partial charge in [-0.2, -0.15) is 0 Å². The smallest absolute Gasteiger partial charge is 0.123 e. The lowest BCUT2D eigenvalue weighted by molar-refractivity contribution is 0.000217. The summed E-state index contributed by atoms with van der Waals surface area (Å²) in [5.74, 6) is 0. The maximum atomic E-state index is 9.69. The molecule has 0 spiro atoms. The van der Waals surface area contributed by atoms with Crippen molar-refractivity contribution in [2.45, 2.75) is 57.8 Å². The number of aliphatic hydroxyl groups is 1. The van der Waals surface area contributed by atoms with Gasteiger partial charge in [0.1, 0.15) is 5.01 Å². The van der Waals surface area contributed by atoms with Gasteiger partial charge in [-0.05, 0) is 46.2 Å². The summed E-state index contributed by atoms with van der Waals surface area (Å²) in [7, 11) is 0. The molecule has 30 heavy (non-hydrogen) atoms. The Bertz CT molecular complexity index is 773. The second-order valence-corrected chi connectivity index (χ2v) is 10.1. The van der Waals surface area contributed by atoms with Gasteiger partial charge in [0.2, 0.25) is 0 Å². The van der Waals surface area contributed by atoms with Crippen LogP contribution in [0, 0.1) is 0 Å². The van der Waals surface area contributed by atoms with Crippen LogP contribution >= 0.6 is 11.3 Å². The van der Waals surface area contributed by atoms with Gasteiger partial charge in [-0.15, -0.1) is 11.3 Å². The van der Waals surface area contributed by atoms with Crippen LogP contribution in [0.15, 0.2) is 36.5 Å². The molecule has 0 bridgehead atoms. The summed E-state index contributed by atoms with van der Waals surface area (Å²) >= 11 is 1.80. The highest BCUT2D eigenvalue weighted by Crippen LogP contribution is 2.28. The fraction of sp³-hybridized carbons (Fsp3) is 0.625. The normalized spacial score (nSPS) is 22.7. The summed E-state index contributed by atoms with van der Waals surface area (Å²) in [4.78, 5) is 13.9. The summed E-state index contributed by atoms with van der Waals surface area (Å²) in [6.07, 6.45) is 5.44. The Balaban J connectivity index is 1.35. The van der Waals surface area contributed by atoms with Gasteiger partial charge in [0.15, 0.2) is 0 Å². The molecule has 2 aliphatic rings. The molecule has 0 amide bonds. The number of aromatic nitrogens is 1. The number of nitrogens with zero attached hydrogens (tertiary/aromatic N) is 4. The quantitative estimate of drug-likeness (QED) is 0.731. The fourth-order valence-electron chi connectivity index (χ4n) is 5.01. The minimum atomic E-state index is 0.276. The SMILES string of the molecule is CC(C)N1CCC(N2CCN(Cc3cnc(-c4ccccc4)s3)C[C@H]2CCO)CC1. The highest BCUT2D eigenvalue weighted by molar-refractivity contribution is 7.15. The van der Waals surface area contributed by atoms with Gasteiger partial charge in [0.05, 0.1) is 0 Å². The Hall–Kier alpha value is -1.31. The summed E-state index contributed by atoms with van der Waals surface area (Å²) < 4.78 is 0. The van der Waals surface area contributed by atoms with Crippen LogP contribution in [0.2, 0.25) is 0 Å². The van der Waals surface area contributed by atoms with Gasteiger partial charge in [0, 0.05) is 67.5 Å². The number of likely N-dealkylation sites (tertiary alicyclic amines) is 1. The maximum absolute atomic E-state index is 9.69. The number of piperidine rings is 1. The minimum absolute atomic E-state index is 0.276. The first-order valence-corrected chi connectivity index (χ1v) is 12.3. The Morgan fingerprint density at radius 2 is 1.87 bits per heavy atom. The van der Waals surface area contributed by atoms with E-state index in [9.17, 15) is 5.11 Å². The molecule has 0 saturated carbocycles. The minimum Gasteiger partial charge on any atom is -0.396 e. The standard InChI is InChI=1S/C24H36N4OS/c1-19(2)27-11-8-21(9-12-27)28-14-13-26(17-22(28)10-15-29)18-23-16-25-24(30-23)20-6-4-3-5-7-20/h3-7,16,19,21-22,29H,8-15,17-18H2,1-2H3/t22-/m1/s1. The van der Waals surface area contributed by atoms with Crippen LogP contribution < -0.4 is 0 Å². The van der Waals surface area contributed by atoms with Crippen molar-refractivity contribution in [3.05, 3.63) is 41.4 Å². The molecule has 2 fully saturated rings. The van der Waals surface area contributed by atoms with Crippen molar-refractivity contribution in [2.75, 3.05) is 39.3 Å². The number of rotatable bonds is 7. The topological polar surface area (TPSA) is 42.8 Å². The zero-order chi connectivity index (χ0) is 20.9. The Morgan fingerprint density at radius 1 is 1.10 bits per heavy atom. The van der Waals surface area contributed by atoms with Gasteiger partial charge in [-0.25, -0.2) is 4.98 Å². The molecule has 164 valence electrons. The lowest BCUT2D eigenvalue weighted by atomic mass is 9.97. The number of hydrogen-bond donors (Lipinski definition) is 1. The van der Waals surface area contributed by atoms with E-state index in [1.54, 1.807) is 11.3 Å². The number of hydrogen-bond acceptors (Lipinski definition) is 6. The van der Waals surface area contributed by atoms with Gasteiger partial charge in [-0.1, -0.05) is 30.3 Å². The molecule has 1 aromatic heterocycles. The van der Waals surface area contributed by atoms with Gasteiger partial charge < -0.3 is 10.0 Å². The average Bonchev–Trinajstić information content (AvgIpc) is 3.23. The Labute approximate surface area is 185 Å². The van der Waals surface area contributed by atoms with Crippen molar-refractivity contribution in [2.24, 2.45) is 0 Å². The number of aliphatic hydroxyl groups excluding tert-OH is 1. The second-order valence-electron chi connectivity index (χ2n) is 9.00. The van der Waals surface area contributed by atoms with E-state index in [-0.39, 0.29) is 6.61 Å². The molecule has 5 nitrogen and oxygen atoms in total. The van der Waals surface area contributed by atoms with Crippen LogP contribution in [0.25, 0.3) is 10.6 Å². The third-order valence-corrected chi connectivity index (χ3v) is 7.76. The molecule has 4 rings (SSSR count). The largest absolute Gasteiger partial charge is 0.396 e. The van der Waals surface area contributed by atoms with E-state index in [2.05, 4.69) is 57.8 Å². The van der Waals surface area contributed by atoms with Crippen LogP contribution in [0.1, 0.15) is 38.0 Å². The van der Waals surface area contributed by atoms with Crippen LogP contribution in [-0.4, -0.2) is 82.2 Å². The van der Waals surface area contributed by atoms with E-state index in [1.165, 1.54) is 36.4 Å². The van der Waals surface area contributed by atoms with Gasteiger partial charge >= 0.3 is 0 Å². The molecule has 3 heterocycles. The summed E-state index contributed by atoms with van der Waals surface area (Å²) in [5.41, 5.74) is 1.20. The average molecular weight is 429 g/mol.